The van der Waals surface area contributed by atoms with Crippen molar-refractivity contribution < 1.29 is 0 Å². The third-order valence-corrected chi connectivity index (χ3v) is 12.0. The number of anilines is 5. The molecule has 1 aliphatic carbocycles. The van der Waals surface area contributed by atoms with Crippen LogP contribution in [-0.4, -0.2) is 0 Å². The predicted molar refractivity (Wildman–Crippen MR) is 278 cm³/mol. The van der Waals surface area contributed by atoms with Gasteiger partial charge in [0.05, 0.1) is 11.4 Å². The van der Waals surface area contributed by atoms with Gasteiger partial charge in [-0.3, -0.25) is 0 Å². The topological polar surface area (TPSA) is 6.48 Å². The van der Waals surface area contributed by atoms with Crippen molar-refractivity contribution in [1.29, 1.82) is 0 Å². The van der Waals surface area contributed by atoms with Crippen molar-refractivity contribution in [2.45, 2.75) is 20.8 Å². The van der Waals surface area contributed by atoms with Crippen LogP contribution < -0.4 is 20.2 Å². The number of benzene rings is 8. The Morgan fingerprint density at radius 1 is 0.508 bits per heavy atom. The molecule has 0 atom stereocenters. The summed E-state index contributed by atoms with van der Waals surface area (Å²) in [6.07, 6.45) is 12.6. The number of nitrogens with zero attached hydrogens (tertiary/aromatic N) is 2. The van der Waals surface area contributed by atoms with Crippen molar-refractivity contribution in [3.63, 3.8) is 0 Å². The summed E-state index contributed by atoms with van der Waals surface area (Å²) < 4.78 is 0. The second-order valence-corrected chi connectivity index (χ2v) is 16.0. The Hall–Kier alpha value is -8.38. The van der Waals surface area contributed by atoms with Crippen molar-refractivity contribution >= 4 is 46.3 Å². The Kier molecular flexibility index (Phi) is 12.5. The summed E-state index contributed by atoms with van der Waals surface area (Å²) >= 11 is 0. The van der Waals surface area contributed by atoms with Crippen molar-refractivity contribution in [3.8, 4) is 33.4 Å². The molecule has 0 amide bonds. The standard InChI is InChI=1S/C63H50N2/c1-5-20-49-23-19-30-59(47(49)4)51-41-43-58(44-42-51)65(57-26-11-8-12-27-57)63-32-18-16-29-61(63)53-38-36-52(37-39-53)60-28-15-17-31-62(60)64(56-24-9-7-10-25-56)46(3)33-34-48(6-2)55-40-35-50-21-13-14-22-54(50)45-55/h5-34,36-39,41-45H,2H2,1,3-4H3/b20-5-,46-33+,48-34+. The molecule has 2 nitrogen and oxygen atoms in total. The lowest BCUT2D eigenvalue weighted by atomic mass is 9.95. The van der Waals surface area contributed by atoms with Crippen LogP contribution in [0.3, 0.4) is 0 Å². The molecule has 0 bridgehead atoms. The van der Waals surface area contributed by atoms with Crippen molar-refractivity contribution in [3.05, 3.63) is 275 Å². The second kappa shape index (κ2) is 19.3. The van der Waals surface area contributed by atoms with E-state index in [0.717, 1.165) is 78.0 Å². The Morgan fingerprint density at radius 3 is 1.72 bits per heavy atom. The van der Waals surface area contributed by atoms with E-state index in [0.29, 0.717) is 0 Å². The van der Waals surface area contributed by atoms with Gasteiger partial charge in [0.25, 0.3) is 0 Å². The third kappa shape index (κ3) is 8.96. The second-order valence-electron chi connectivity index (χ2n) is 16.0. The molecule has 0 spiro atoms. The first kappa shape index (κ1) is 41.9. The molecule has 0 saturated carbocycles. The molecule has 8 aromatic carbocycles. The van der Waals surface area contributed by atoms with Gasteiger partial charge in [0.15, 0.2) is 0 Å². The first-order chi connectivity index (χ1) is 32.0. The number of fused-ring (bicyclic) bond motifs is 1. The van der Waals surface area contributed by atoms with Gasteiger partial charge in [-0.25, -0.2) is 0 Å². The summed E-state index contributed by atoms with van der Waals surface area (Å²) in [5.41, 5.74) is 24.6. The third-order valence-electron chi connectivity index (χ3n) is 12.0. The fraction of sp³-hybridized carbons (Fsp3) is 0.0476. The molecule has 0 unspecified atom stereocenters. The van der Waals surface area contributed by atoms with Gasteiger partial charge < -0.3 is 9.80 Å². The zero-order valence-corrected chi connectivity index (χ0v) is 37.1. The zero-order valence-electron chi connectivity index (χ0n) is 37.1. The van der Waals surface area contributed by atoms with Crippen LogP contribution in [0.25, 0.3) is 51.3 Å². The highest BCUT2D eigenvalue weighted by atomic mass is 15.2. The molecule has 1 aliphatic rings. The van der Waals surface area contributed by atoms with Gasteiger partial charge >= 0.3 is 0 Å². The van der Waals surface area contributed by atoms with Crippen molar-refractivity contribution in [2.24, 2.45) is 0 Å². The highest BCUT2D eigenvalue weighted by Gasteiger charge is 2.19. The highest BCUT2D eigenvalue weighted by molar-refractivity contribution is 5.90. The Morgan fingerprint density at radius 2 is 1.05 bits per heavy atom. The highest BCUT2D eigenvalue weighted by Crippen LogP contribution is 2.43. The molecule has 9 rings (SSSR count). The van der Waals surface area contributed by atoms with Crippen LogP contribution in [0.4, 0.5) is 28.4 Å². The minimum atomic E-state index is 0.956. The van der Waals surface area contributed by atoms with E-state index in [9.17, 15) is 0 Å². The van der Waals surface area contributed by atoms with Gasteiger partial charge in [0.2, 0.25) is 0 Å². The largest absolute Gasteiger partial charge is 0.314 e. The molecule has 0 radical (unpaired) electrons. The maximum absolute atomic E-state index is 4.16. The lowest BCUT2D eigenvalue weighted by Crippen LogP contribution is -2.23. The molecular formula is C63H50N2. The van der Waals surface area contributed by atoms with Crippen LogP contribution in [0, 0.1) is 6.92 Å². The van der Waals surface area contributed by atoms with Crippen LogP contribution >= 0.6 is 0 Å². The fourth-order valence-corrected chi connectivity index (χ4v) is 8.66. The molecule has 2 heteroatoms. The molecule has 0 aliphatic heterocycles. The van der Waals surface area contributed by atoms with E-state index in [1.807, 2.05) is 12.1 Å². The summed E-state index contributed by atoms with van der Waals surface area (Å²) in [5.74, 6) is 0. The van der Waals surface area contributed by atoms with Crippen LogP contribution in [0.1, 0.15) is 25.0 Å². The first-order valence-electron chi connectivity index (χ1n) is 22.2. The van der Waals surface area contributed by atoms with E-state index in [4.69, 9.17) is 0 Å². The summed E-state index contributed by atoms with van der Waals surface area (Å²) in [6, 6.07) is 71.3. The minimum Gasteiger partial charge on any atom is -0.314 e. The molecule has 0 N–H and O–H groups in total. The van der Waals surface area contributed by atoms with E-state index in [1.54, 1.807) is 0 Å². The van der Waals surface area contributed by atoms with Crippen LogP contribution in [0.5, 0.6) is 0 Å². The van der Waals surface area contributed by atoms with E-state index in [-0.39, 0.29) is 0 Å². The van der Waals surface area contributed by atoms with Crippen LogP contribution in [0.2, 0.25) is 0 Å². The molecule has 0 fully saturated rings. The fourth-order valence-electron chi connectivity index (χ4n) is 8.66. The molecule has 8 aromatic rings. The van der Waals surface area contributed by atoms with E-state index >= 15 is 0 Å². The predicted octanol–water partition coefficient (Wildman–Crippen LogP) is 15.6. The average Bonchev–Trinajstić information content (AvgIpc) is 3.36. The van der Waals surface area contributed by atoms with Crippen LogP contribution in [-0.2, 0) is 0 Å². The maximum atomic E-state index is 4.16. The van der Waals surface area contributed by atoms with Gasteiger partial charge in [-0.2, -0.15) is 0 Å². The average molecular weight is 835 g/mol. The number of hydrogen-bond donors (Lipinski definition) is 0. The number of allylic oxidation sites excluding steroid dienone is 7. The first-order valence-corrected chi connectivity index (χ1v) is 22.2. The van der Waals surface area contributed by atoms with Crippen molar-refractivity contribution in [1.82, 2.24) is 0 Å². The van der Waals surface area contributed by atoms with Crippen LogP contribution in [0.15, 0.2) is 254 Å². The summed E-state index contributed by atoms with van der Waals surface area (Å²) in [4.78, 5) is 4.69. The van der Waals surface area contributed by atoms with Gasteiger partial charge in [-0.1, -0.05) is 188 Å². The number of hydrogen-bond acceptors (Lipinski definition) is 2. The smallest absolute Gasteiger partial charge is 0.0540 e. The maximum Gasteiger partial charge on any atom is 0.0540 e. The van der Waals surface area contributed by atoms with E-state index in [2.05, 4.69) is 273 Å². The monoisotopic (exact) mass is 834 g/mol. The van der Waals surface area contributed by atoms with Gasteiger partial charge in [-0.15, -0.1) is 0 Å². The quantitative estimate of drug-likeness (QED) is 0.0843. The van der Waals surface area contributed by atoms with E-state index < -0.39 is 0 Å². The SMILES string of the molecule is C=C/C(=C\C=C(/C)N(c1ccccc1)c1ccccc1-c1ccc(-c2ccccc2N(c2ccccc2)c2ccc(-c3cccc(/C=C\C)c3C)cc2)cc1)C1=C=C=c2ccccc2=C1. The lowest BCUT2D eigenvalue weighted by molar-refractivity contribution is 1.16. The number of para-hydroxylation sites is 4. The number of rotatable bonds is 13. The summed E-state index contributed by atoms with van der Waals surface area (Å²) in [6.45, 7) is 10.6. The lowest BCUT2D eigenvalue weighted by Gasteiger charge is -2.29. The Balaban J connectivity index is 1.07. The zero-order chi connectivity index (χ0) is 44.5. The normalized spacial score (nSPS) is 12.2. The molecule has 65 heavy (non-hydrogen) atoms. The molecular weight excluding hydrogens is 785 g/mol. The van der Waals surface area contributed by atoms with E-state index in [1.165, 1.54) is 22.3 Å². The Labute approximate surface area is 383 Å². The molecule has 0 aromatic heterocycles. The summed E-state index contributed by atoms with van der Waals surface area (Å²) in [7, 11) is 0. The molecule has 0 heterocycles. The van der Waals surface area contributed by atoms with Gasteiger partial charge in [-0.05, 0) is 132 Å². The Bertz CT molecular complexity index is 3300. The minimum absolute atomic E-state index is 0.956. The van der Waals surface area contributed by atoms with Crippen molar-refractivity contribution in [2.75, 3.05) is 9.80 Å². The molecule has 0 saturated heterocycles. The van der Waals surface area contributed by atoms with Gasteiger partial charge in [0.1, 0.15) is 0 Å². The summed E-state index contributed by atoms with van der Waals surface area (Å²) in [5, 5.41) is 2.17. The molecule has 312 valence electrons. The van der Waals surface area contributed by atoms with Gasteiger partial charge in [0, 0.05) is 44.7 Å².